The van der Waals surface area contributed by atoms with Gasteiger partial charge in [-0.05, 0) is 0 Å². The van der Waals surface area contributed by atoms with Crippen LogP contribution in [0.3, 0.4) is 0 Å². The van der Waals surface area contributed by atoms with Gasteiger partial charge in [0.05, 0.1) is 0 Å². The summed E-state index contributed by atoms with van der Waals surface area (Å²) in [5, 5.41) is 0. The Morgan fingerprint density at radius 1 is 1.17 bits per heavy atom. The van der Waals surface area contributed by atoms with Crippen LogP contribution in [0.1, 0.15) is 0 Å². The van der Waals surface area contributed by atoms with Gasteiger partial charge in [0.1, 0.15) is 0 Å². The van der Waals surface area contributed by atoms with Crippen LogP contribution in [-0.4, -0.2) is 13.8 Å². The third kappa shape index (κ3) is 176. The monoisotopic (exact) mass is 149 g/mol. The average Bonchev–Trinajstić information content (AvgIpc) is 0.722. The molecule has 0 bridgehead atoms. The molecule has 0 atom stereocenters. The summed E-state index contributed by atoms with van der Waals surface area (Å²) < 4.78 is 0. The molecular weight excluding hydrogens is 148 g/mol. The van der Waals surface area contributed by atoms with Crippen molar-refractivity contribution in [1.82, 2.24) is 0 Å². The van der Waals surface area contributed by atoms with Gasteiger partial charge in [0.2, 0.25) is 0 Å². The summed E-state index contributed by atoms with van der Waals surface area (Å²) in [7, 11) is -5.36. The van der Waals surface area contributed by atoms with Gasteiger partial charge in [-0.3, -0.25) is 0 Å². The molecule has 0 aromatic heterocycles. The minimum atomic E-state index is -5.36. The fraction of sp³-hybridized carbons (Fsp3) is 0. The van der Waals surface area contributed by atoms with Crippen LogP contribution in [0.15, 0.2) is 0 Å². The molecule has 1 N–H and O–H groups in total. The van der Waals surface area contributed by atoms with E-state index in [0.29, 0.717) is 0 Å². The first-order chi connectivity index (χ1) is 2.00. The molecule has 0 heterocycles. The van der Waals surface area contributed by atoms with Crippen molar-refractivity contribution in [2.75, 3.05) is 0 Å². The molecular formula is HFeO4Si. The number of rotatable bonds is 0. The predicted octanol–water partition coefficient (Wildman–Crippen LogP) is -4.51. The van der Waals surface area contributed by atoms with Crippen LogP contribution in [0.4, 0.5) is 0 Å². The number of hydrogen-bond acceptors (Lipinski definition) is 4. The maximum atomic E-state index is 8.69. The molecule has 0 fully saturated rings. The molecule has 4 nitrogen and oxygen atoms in total. The second kappa shape index (κ2) is 2.70. The fourth-order valence-corrected chi connectivity index (χ4v) is 0. The minimum absolute atomic E-state index is 0. The molecule has 37 valence electrons. The summed E-state index contributed by atoms with van der Waals surface area (Å²) >= 11 is 0. The molecule has 0 spiro atoms. The van der Waals surface area contributed by atoms with Gasteiger partial charge in [0.25, 0.3) is 0 Å². The van der Waals surface area contributed by atoms with E-state index in [-0.39, 0.29) is 17.1 Å². The van der Waals surface area contributed by atoms with Gasteiger partial charge in [0, 0.05) is 0 Å². The molecule has 0 saturated carbocycles. The Morgan fingerprint density at radius 2 is 1.17 bits per heavy atom. The summed E-state index contributed by atoms with van der Waals surface area (Å²) in [5.74, 6) is 0. The standard InChI is InChI=1S/Fe.HO4Si/c;1-5(2,3)4/h;1H/q+3;-3. The normalized spacial score (nSPS) is 10.0. The quantitative estimate of drug-likeness (QED) is 0.351. The zero-order valence-electron chi connectivity index (χ0n) is 2.53. The van der Waals surface area contributed by atoms with Crippen molar-refractivity contribution >= 4 is 9.05 Å². The molecule has 0 saturated heterocycles. The molecule has 0 amide bonds. The van der Waals surface area contributed by atoms with E-state index in [1.54, 1.807) is 0 Å². The molecule has 0 rings (SSSR count). The van der Waals surface area contributed by atoms with E-state index in [0.717, 1.165) is 0 Å². The van der Waals surface area contributed by atoms with Gasteiger partial charge in [-0.2, -0.15) is 0 Å². The van der Waals surface area contributed by atoms with Gasteiger partial charge < -0.3 is 19.2 Å². The van der Waals surface area contributed by atoms with E-state index in [2.05, 4.69) is 0 Å². The Balaban J connectivity index is 0. The van der Waals surface area contributed by atoms with E-state index in [9.17, 15) is 0 Å². The van der Waals surface area contributed by atoms with Crippen LogP contribution in [0.5, 0.6) is 0 Å². The molecule has 0 aliphatic heterocycles. The Labute approximate surface area is 46.0 Å². The largest absolute Gasteiger partial charge is 3.00 e. The fourth-order valence-electron chi connectivity index (χ4n) is 0. The van der Waals surface area contributed by atoms with Crippen LogP contribution in [-0.2, 0) is 17.1 Å². The zero-order valence-corrected chi connectivity index (χ0v) is 4.63. The first-order valence-electron chi connectivity index (χ1n) is 0.836. The van der Waals surface area contributed by atoms with Crippen molar-refractivity contribution < 1.29 is 36.3 Å². The van der Waals surface area contributed by atoms with Gasteiger partial charge >= 0.3 is 17.1 Å². The summed E-state index contributed by atoms with van der Waals surface area (Å²) in [6, 6.07) is 0. The van der Waals surface area contributed by atoms with Crippen LogP contribution < -0.4 is 14.4 Å². The SMILES string of the molecule is [Fe+3].[O-][Si]([O-])([O-])O. The predicted molar refractivity (Wildman–Crippen MR) is 7.97 cm³/mol. The molecule has 0 unspecified atom stereocenters. The molecule has 0 aromatic rings. The third-order valence-corrected chi connectivity index (χ3v) is 0. The van der Waals surface area contributed by atoms with Crippen molar-refractivity contribution in [2.45, 2.75) is 0 Å². The maximum absolute atomic E-state index is 8.69. The van der Waals surface area contributed by atoms with Crippen LogP contribution in [0.2, 0.25) is 0 Å². The van der Waals surface area contributed by atoms with Gasteiger partial charge in [-0.1, -0.05) is 0 Å². The summed E-state index contributed by atoms with van der Waals surface area (Å²) in [4.78, 5) is 33.1. The molecule has 0 aliphatic rings. The van der Waals surface area contributed by atoms with Crippen molar-refractivity contribution in [1.29, 1.82) is 0 Å². The Kier molecular flexibility index (Phi) is 4.39. The smallest absolute Gasteiger partial charge is 0.861 e. The van der Waals surface area contributed by atoms with Crippen LogP contribution >= 0.6 is 0 Å². The Morgan fingerprint density at radius 3 is 1.17 bits per heavy atom. The van der Waals surface area contributed by atoms with E-state index in [4.69, 9.17) is 19.2 Å². The zero-order chi connectivity index (χ0) is 4.50. The molecule has 1 radical (unpaired) electrons. The second-order valence-electron chi connectivity index (χ2n) is 0.524. The van der Waals surface area contributed by atoms with E-state index >= 15 is 0 Å². The topological polar surface area (TPSA) is 89.4 Å². The van der Waals surface area contributed by atoms with Gasteiger partial charge in [-0.25, -0.2) is 0 Å². The van der Waals surface area contributed by atoms with Gasteiger partial charge in [-0.15, -0.1) is 9.05 Å². The second-order valence-corrected chi connectivity index (χ2v) is 1.57. The number of hydrogen-bond donors (Lipinski definition) is 1. The molecule has 6 heavy (non-hydrogen) atoms. The van der Waals surface area contributed by atoms with Crippen LogP contribution in [0.25, 0.3) is 0 Å². The first kappa shape index (κ1) is 9.76. The summed E-state index contributed by atoms with van der Waals surface area (Å²) in [6.45, 7) is 0. The van der Waals surface area contributed by atoms with Crippen molar-refractivity contribution in [2.24, 2.45) is 0 Å². The van der Waals surface area contributed by atoms with E-state index < -0.39 is 9.05 Å². The first-order valence-corrected chi connectivity index (χ1v) is 2.51. The molecule has 6 heteroatoms. The van der Waals surface area contributed by atoms with Crippen molar-refractivity contribution in [3.63, 3.8) is 0 Å². The van der Waals surface area contributed by atoms with E-state index in [1.807, 2.05) is 0 Å². The average molecular weight is 149 g/mol. The van der Waals surface area contributed by atoms with Crippen molar-refractivity contribution in [3.8, 4) is 0 Å². The molecule has 0 aromatic carbocycles. The summed E-state index contributed by atoms with van der Waals surface area (Å²) in [6.07, 6.45) is 0. The minimum Gasteiger partial charge on any atom is -0.861 e. The summed E-state index contributed by atoms with van der Waals surface area (Å²) in [5.41, 5.74) is 0. The van der Waals surface area contributed by atoms with Crippen LogP contribution in [0, 0.1) is 0 Å². The third-order valence-electron chi connectivity index (χ3n) is 0. The van der Waals surface area contributed by atoms with Crippen molar-refractivity contribution in [3.05, 3.63) is 0 Å². The maximum Gasteiger partial charge on any atom is 3.00 e. The molecule has 0 aliphatic carbocycles. The Bertz CT molecular complexity index is 23.0. The van der Waals surface area contributed by atoms with E-state index in [1.165, 1.54) is 0 Å². The van der Waals surface area contributed by atoms with Gasteiger partial charge in [0.15, 0.2) is 0 Å². The Hall–Kier alpha value is 0.576.